The molecule has 1 heterocycles. The molecule has 0 aromatic heterocycles. The van der Waals surface area contributed by atoms with Gasteiger partial charge in [0, 0.05) is 24.9 Å². The largest absolute Gasteiger partial charge is 0.370 e. The van der Waals surface area contributed by atoms with E-state index in [0.717, 1.165) is 5.56 Å². The number of morpholine rings is 1. The summed E-state index contributed by atoms with van der Waals surface area (Å²) in [6.45, 7) is 1.75. The van der Waals surface area contributed by atoms with Crippen LogP contribution in [0.5, 0.6) is 0 Å². The average molecular weight is 337 g/mol. The Morgan fingerprint density at radius 2 is 1.64 bits per heavy atom. The van der Waals surface area contributed by atoms with Crippen molar-refractivity contribution < 1.29 is 14.3 Å². The molecular weight excluding hydrogens is 314 g/mol. The molecule has 130 valence electrons. The van der Waals surface area contributed by atoms with E-state index in [1.165, 1.54) is 0 Å². The van der Waals surface area contributed by atoms with Crippen molar-refractivity contribution in [3.8, 4) is 0 Å². The van der Waals surface area contributed by atoms with Gasteiger partial charge < -0.3 is 9.64 Å². The monoisotopic (exact) mass is 337 g/mol. The molecule has 0 aliphatic carbocycles. The Hall–Kier alpha value is -2.46. The van der Waals surface area contributed by atoms with Gasteiger partial charge in [-0.25, -0.2) is 0 Å². The summed E-state index contributed by atoms with van der Waals surface area (Å²) in [5.74, 6) is 0.197. The van der Waals surface area contributed by atoms with Gasteiger partial charge >= 0.3 is 0 Å². The minimum Gasteiger partial charge on any atom is -0.370 e. The van der Waals surface area contributed by atoms with E-state index in [1.807, 2.05) is 65.6 Å². The van der Waals surface area contributed by atoms with Crippen LogP contribution in [0.25, 0.3) is 0 Å². The van der Waals surface area contributed by atoms with Gasteiger partial charge in [-0.15, -0.1) is 0 Å². The van der Waals surface area contributed by atoms with Gasteiger partial charge in [-0.3, -0.25) is 9.59 Å². The Balaban J connectivity index is 1.47. The molecule has 1 saturated heterocycles. The normalized spacial score (nSPS) is 17.3. The molecule has 25 heavy (non-hydrogen) atoms. The number of Topliss-reactive ketones (excluding diaryl/α,β-unsaturated/α-hetero) is 1. The van der Waals surface area contributed by atoms with Gasteiger partial charge in [-0.05, 0) is 12.0 Å². The van der Waals surface area contributed by atoms with E-state index in [2.05, 4.69) is 0 Å². The van der Waals surface area contributed by atoms with Gasteiger partial charge in [0.1, 0.15) is 6.10 Å². The van der Waals surface area contributed by atoms with Crippen molar-refractivity contribution in [2.75, 3.05) is 19.7 Å². The first-order valence-electron chi connectivity index (χ1n) is 8.76. The van der Waals surface area contributed by atoms with Crippen molar-refractivity contribution in [1.29, 1.82) is 0 Å². The summed E-state index contributed by atoms with van der Waals surface area (Å²) in [5, 5.41) is 0. The molecule has 1 atom stereocenters. The predicted molar refractivity (Wildman–Crippen MR) is 96.3 cm³/mol. The van der Waals surface area contributed by atoms with E-state index in [1.54, 1.807) is 0 Å². The quantitative estimate of drug-likeness (QED) is 0.756. The van der Waals surface area contributed by atoms with Crippen LogP contribution in [0.4, 0.5) is 0 Å². The second kappa shape index (κ2) is 8.58. The predicted octanol–water partition coefficient (Wildman–Crippen LogP) is 3.64. The summed E-state index contributed by atoms with van der Waals surface area (Å²) in [5.41, 5.74) is 1.81. The highest BCUT2D eigenvalue weighted by Gasteiger charge is 2.25. The zero-order valence-electron chi connectivity index (χ0n) is 14.3. The van der Waals surface area contributed by atoms with E-state index >= 15 is 0 Å². The van der Waals surface area contributed by atoms with Crippen LogP contribution < -0.4 is 0 Å². The van der Waals surface area contributed by atoms with Gasteiger partial charge in [-0.1, -0.05) is 60.7 Å². The van der Waals surface area contributed by atoms with Crippen LogP contribution in [0, 0.1) is 0 Å². The number of hydrogen-bond acceptors (Lipinski definition) is 3. The fourth-order valence-corrected chi connectivity index (χ4v) is 3.07. The Labute approximate surface area is 148 Å². The molecule has 2 aromatic rings. The third-order valence-corrected chi connectivity index (χ3v) is 4.48. The topological polar surface area (TPSA) is 46.6 Å². The SMILES string of the molecule is O=C(CCCC(=O)N1CCOC(c2ccccc2)C1)c1ccccc1. The van der Waals surface area contributed by atoms with Crippen LogP contribution in [0.3, 0.4) is 0 Å². The summed E-state index contributed by atoms with van der Waals surface area (Å²) < 4.78 is 5.80. The number of ether oxygens (including phenoxy) is 1. The maximum absolute atomic E-state index is 12.5. The van der Waals surface area contributed by atoms with Gasteiger partial charge in [0.25, 0.3) is 0 Å². The lowest BCUT2D eigenvalue weighted by atomic mass is 10.0. The van der Waals surface area contributed by atoms with E-state index in [4.69, 9.17) is 4.74 Å². The molecule has 1 amide bonds. The minimum atomic E-state index is -0.0650. The maximum Gasteiger partial charge on any atom is 0.222 e. The van der Waals surface area contributed by atoms with E-state index in [0.29, 0.717) is 44.5 Å². The van der Waals surface area contributed by atoms with Gasteiger partial charge in [0.05, 0.1) is 13.2 Å². The molecule has 4 nitrogen and oxygen atoms in total. The van der Waals surface area contributed by atoms with Crippen molar-refractivity contribution in [2.24, 2.45) is 0 Å². The molecule has 0 spiro atoms. The Morgan fingerprint density at radius 3 is 2.36 bits per heavy atom. The highest BCUT2D eigenvalue weighted by molar-refractivity contribution is 5.96. The van der Waals surface area contributed by atoms with Crippen LogP contribution in [-0.4, -0.2) is 36.3 Å². The highest BCUT2D eigenvalue weighted by atomic mass is 16.5. The van der Waals surface area contributed by atoms with Crippen LogP contribution in [0.15, 0.2) is 60.7 Å². The smallest absolute Gasteiger partial charge is 0.222 e. The molecule has 0 saturated carbocycles. The number of hydrogen-bond donors (Lipinski definition) is 0. The summed E-state index contributed by atoms with van der Waals surface area (Å²) in [6.07, 6.45) is 1.33. The molecule has 2 aromatic carbocycles. The molecule has 3 rings (SSSR count). The minimum absolute atomic E-state index is 0.0650. The van der Waals surface area contributed by atoms with E-state index < -0.39 is 0 Å². The van der Waals surface area contributed by atoms with Crippen molar-refractivity contribution in [3.63, 3.8) is 0 Å². The fourth-order valence-electron chi connectivity index (χ4n) is 3.07. The second-order valence-corrected chi connectivity index (χ2v) is 6.25. The van der Waals surface area contributed by atoms with Gasteiger partial charge in [0.15, 0.2) is 5.78 Å². The molecule has 0 radical (unpaired) electrons. The average Bonchev–Trinajstić information content (AvgIpc) is 2.69. The van der Waals surface area contributed by atoms with Crippen LogP contribution in [-0.2, 0) is 9.53 Å². The van der Waals surface area contributed by atoms with Crippen LogP contribution in [0.1, 0.15) is 41.3 Å². The van der Waals surface area contributed by atoms with E-state index in [-0.39, 0.29) is 17.8 Å². The van der Waals surface area contributed by atoms with Crippen molar-refractivity contribution >= 4 is 11.7 Å². The molecular formula is C21H23NO3. The maximum atomic E-state index is 12.5. The lowest BCUT2D eigenvalue weighted by molar-refractivity contribution is -0.139. The van der Waals surface area contributed by atoms with Gasteiger partial charge in [-0.2, -0.15) is 0 Å². The number of ketones is 1. The van der Waals surface area contributed by atoms with Crippen LogP contribution in [0.2, 0.25) is 0 Å². The van der Waals surface area contributed by atoms with Crippen molar-refractivity contribution in [3.05, 3.63) is 71.8 Å². The Morgan fingerprint density at radius 1 is 0.960 bits per heavy atom. The molecule has 1 aliphatic heterocycles. The second-order valence-electron chi connectivity index (χ2n) is 6.25. The Bertz CT molecular complexity index is 700. The molecule has 0 N–H and O–H groups in total. The summed E-state index contributed by atoms with van der Waals surface area (Å²) >= 11 is 0. The molecule has 0 bridgehead atoms. The first-order valence-corrected chi connectivity index (χ1v) is 8.76. The molecule has 1 unspecified atom stereocenters. The number of carbonyl (C=O) groups is 2. The van der Waals surface area contributed by atoms with E-state index in [9.17, 15) is 9.59 Å². The van der Waals surface area contributed by atoms with Gasteiger partial charge in [0.2, 0.25) is 5.91 Å². The number of amides is 1. The number of carbonyl (C=O) groups excluding carboxylic acids is 2. The summed E-state index contributed by atoms with van der Waals surface area (Å²) in [7, 11) is 0. The fraction of sp³-hybridized carbons (Fsp3) is 0.333. The zero-order valence-corrected chi connectivity index (χ0v) is 14.3. The lowest BCUT2D eigenvalue weighted by Gasteiger charge is -2.33. The summed E-state index contributed by atoms with van der Waals surface area (Å²) in [6, 6.07) is 19.2. The van der Waals surface area contributed by atoms with Crippen LogP contribution >= 0.6 is 0 Å². The highest BCUT2D eigenvalue weighted by Crippen LogP contribution is 2.22. The standard InChI is InChI=1S/C21H23NO3/c23-19(17-8-3-1-4-9-17)12-7-13-21(24)22-14-15-25-20(16-22)18-10-5-2-6-11-18/h1-6,8-11,20H,7,12-16H2. The third-order valence-electron chi connectivity index (χ3n) is 4.48. The molecule has 1 aliphatic rings. The molecule has 1 fully saturated rings. The first kappa shape index (κ1) is 17.4. The van der Waals surface area contributed by atoms with Crippen molar-refractivity contribution in [1.82, 2.24) is 4.90 Å². The van der Waals surface area contributed by atoms with Crippen molar-refractivity contribution in [2.45, 2.75) is 25.4 Å². The number of benzene rings is 2. The first-order chi connectivity index (χ1) is 12.2. The Kier molecular flexibility index (Phi) is 5.96. The number of nitrogens with zero attached hydrogens (tertiary/aromatic N) is 1. The zero-order chi connectivity index (χ0) is 17.5. The third kappa shape index (κ3) is 4.77. The lowest BCUT2D eigenvalue weighted by Crippen LogP contribution is -2.42. The summed E-state index contributed by atoms with van der Waals surface area (Å²) in [4.78, 5) is 26.4. The molecule has 4 heteroatoms. The number of rotatable bonds is 6.